The topological polar surface area (TPSA) is 114 Å². The summed E-state index contributed by atoms with van der Waals surface area (Å²) < 4.78 is 42.4. The maximum atomic E-state index is 13.5. The summed E-state index contributed by atoms with van der Waals surface area (Å²) in [5, 5.41) is 2.90. The normalized spacial score (nSPS) is 13.1. The molecule has 2 aromatic carbocycles. The zero-order valence-corrected chi connectivity index (χ0v) is 23.3. The van der Waals surface area contributed by atoms with Crippen LogP contribution in [-0.4, -0.2) is 64.4 Å². The van der Waals surface area contributed by atoms with Crippen molar-refractivity contribution in [3.05, 3.63) is 48.0 Å². The highest BCUT2D eigenvalue weighted by Gasteiger charge is 2.29. The number of nitrogens with one attached hydrogen (secondary N) is 1. The van der Waals surface area contributed by atoms with Crippen molar-refractivity contribution in [2.75, 3.05) is 37.6 Å². The third-order valence-electron chi connectivity index (χ3n) is 6.22. The van der Waals surface area contributed by atoms with Crippen molar-refractivity contribution in [3.8, 4) is 17.2 Å². The molecule has 1 N–H and O–H groups in total. The van der Waals surface area contributed by atoms with Gasteiger partial charge in [0.1, 0.15) is 11.8 Å². The summed E-state index contributed by atoms with van der Waals surface area (Å²) in [6.45, 7) is 4.76. The van der Waals surface area contributed by atoms with Crippen LogP contribution in [0.2, 0.25) is 0 Å². The molecule has 1 aliphatic rings. The third kappa shape index (κ3) is 7.53. The van der Waals surface area contributed by atoms with Crippen LogP contribution in [0.1, 0.15) is 45.1 Å². The number of hydrogen-bond acceptors (Lipinski definition) is 7. The van der Waals surface area contributed by atoms with Crippen LogP contribution >= 0.6 is 0 Å². The predicted molar refractivity (Wildman–Crippen MR) is 145 cm³/mol. The molecule has 0 aliphatic carbocycles. The van der Waals surface area contributed by atoms with Gasteiger partial charge in [-0.3, -0.25) is 13.9 Å². The van der Waals surface area contributed by atoms with Crippen molar-refractivity contribution in [2.45, 2.75) is 52.1 Å². The quantitative estimate of drug-likeness (QED) is 0.386. The van der Waals surface area contributed by atoms with Gasteiger partial charge in [-0.05, 0) is 49.1 Å². The van der Waals surface area contributed by atoms with Crippen molar-refractivity contribution in [1.29, 1.82) is 0 Å². The maximum absolute atomic E-state index is 13.5. The lowest BCUT2D eigenvalue weighted by molar-refractivity contribution is -0.141. The lowest BCUT2D eigenvalue weighted by Gasteiger charge is -2.31. The summed E-state index contributed by atoms with van der Waals surface area (Å²) in [4.78, 5) is 28.0. The molecule has 2 aromatic rings. The van der Waals surface area contributed by atoms with Gasteiger partial charge >= 0.3 is 0 Å². The van der Waals surface area contributed by atoms with Crippen LogP contribution in [0.3, 0.4) is 0 Å². The first-order valence-corrected chi connectivity index (χ1v) is 14.6. The van der Waals surface area contributed by atoms with Crippen molar-refractivity contribution >= 4 is 27.5 Å². The van der Waals surface area contributed by atoms with Crippen LogP contribution in [0.15, 0.2) is 42.5 Å². The number of ether oxygens (including phenoxy) is 3. The molecule has 0 radical (unpaired) electrons. The van der Waals surface area contributed by atoms with Crippen LogP contribution in [-0.2, 0) is 26.2 Å². The van der Waals surface area contributed by atoms with Gasteiger partial charge in [0.15, 0.2) is 11.5 Å². The smallest absolute Gasteiger partial charge is 0.242 e. The van der Waals surface area contributed by atoms with Crippen molar-refractivity contribution < 1.29 is 32.2 Å². The molecule has 0 fully saturated rings. The molecule has 208 valence electrons. The largest absolute Gasteiger partial charge is 0.497 e. The fourth-order valence-corrected chi connectivity index (χ4v) is 5.25. The standard InChI is InChI=1S/C27H37N3O7S/c1-5-14-28-27(32)23(6-2)29(18-20-9-7-10-22(16-20)35-3)26(31)11-8-15-30(38(4,33)34)21-12-13-24-25(17-21)37-19-36-24/h7,9-10,12-13,16-17,23H,5-6,8,11,14-15,18-19H2,1-4H3,(H,28,32)/t23-/m0/s1. The number of benzene rings is 2. The number of sulfonamides is 1. The van der Waals surface area contributed by atoms with Gasteiger partial charge in [-0.2, -0.15) is 0 Å². The molecule has 0 bridgehead atoms. The number of carbonyl (C=O) groups excluding carboxylic acids is 2. The number of anilines is 1. The van der Waals surface area contributed by atoms with E-state index in [9.17, 15) is 18.0 Å². The zero-order chi connectivity index (χ0) is 27.7. The summed E-state index contributed by atoms with van der Waals surface area (Å²) in [6, 6.07) is 11.6. The first-order chi connectivity index (χ1) is 18.2. The molecule has 1 aliphatic heterocycles. The Kier molecular flexibility index (Phi) is 10.2. The Morgan fingerprint density at radius 2 is 1.87 bits per heavy atom. The second kappa shape index (κ2) is 13.4. The zero-order valence-electron chi connectivity index (χ0n) is 22.4. The molecule has 11 heteroatoms. The maximum Gasteiger partial charge on any atom is 0.242 e. The van der Waals surface area contributed by atoms with E-state index in [1.165, 1.54) is 4.31 Å². The highest BCUT2D eigenvalue weighted by molar-refractivity contribution is 7.92. The van der Waals surface area contributed by atoms with Gasteiger partial charge in [0, 0.05) is 32.1 Å². The molecule has 38 heavy (non-hydrogen) atoms. The number of methoxy groups -OCH3 is 1. The fraction of sp³-hybridized carbons (Fsp3) is 0.481. The van der Waals surface area contributed by atoms with Gasteiger partial charge in [0.05, 0.1) is 19.1 Å². The van der Waals surface area contributed by atoms with E-state index in [1.807, 2.05) is 38.1 Å². The summed E-state index contributed by atoms with van der Waals surface area (Å²) >= 11 is 0. The Morgan fingerprint density at radius 1 is 1.11 bits per heavy atom. The number of fused-ring (bicyclic) bond motifs is 1. The van der Waals surface area contributed by atoms with Crippen molar-refractivity contribution in [1.82, 2.24) is 10.2 Å². The number of nitrogens with zero attached hydrogens (tertiary/aromatic N) is 2. The number of amides is 2. The van der Waals surface area contributed by atoms with Crippen molar-refractivity contribution in [3.63, 3.8) is 0 Å². The van der Waals surface area contributed by atoms with E-state index in [-0.39, 0.29) is 44.5 Å². The molecular weight excluding hydrogens is 510 g/mol. The number of carbonyl (C=O) groups is 2. The Hall–Kier alpha value is -3.47. The molecule has 3 rings (SSSR count). The molecule has 0 saturated carbocycles. The summed E-state index contributed by atoms with van der Waals surface area (Å²) in [7, 11) is -2.05. The van der Waals surface area contributed by atoms with Crippen LogP contribution in [0.4, 0.5) is 5.69 Å². The van der Waals surface area contributed by atoms with Gasteiger partial charge in [-0.25, -0.2) is 8.42 Å². The Bertz CT molecular complexity index is 1220. The minimum Gasteiger partial charge on any atom is -0.497 e. The minimum atomic E-state index is -3.62. The lowest BCUT2D eigenvalue weighted by Crippen LogP contribution is -2.49. The Morgan fingerprint density at radius 3 is 2.55 bits per heavy atom. The van der Waals surface area contributed by atoms with E-state index >= 15 is 0 Å². The second-order valence-electron chi connectivity index (χ2n) is 9.06. The molecule has 0 unspecified atom stereocenters. The first-order valence-electron chi connectivity index (χ1n) is 12.7. The van der Waals surface area contributed by atoms with Crippen LogP contribution in [0.25, 0.3) is 0 Å². The van der Waals surface area contributed by atoms with E-state index in [1.54, 1.807) is 30.2 Å². The predicted octanol–water partition coefficient (Wildman–Crippen LogP) is 3.30. The summed E-state index contributed by atoms with van der Waals surface area (Å²) in [6.07, 6.45) is 2.69. The van der Waals surface area contributed by atoms with Crippen molar-refractivity contribution in [2.24, 2.45) is 0 Å². The fourth-order valence-electron chi connectivity index (χ4n) is 4.30. The molecule has 10 nitrogen and oxygen atoms in total. The summed E-state index contributed by atoms with van der Waals surface area (Å²) in [5.74, 6) is 1.25. The van der Waals surface area contributed by atoms with Gasteiger partial charge in [0.2, 0.25) is 28.6 Å². The molecule has 1 heterocycles. The first kappa shape index (κ1) is 29.1. The molecule has 0 spiro atoms. The van der Waals surface area contributed by atoms with Crippen LogP contribution < -0.4 is 23.8 Å². The van der Waals surface area contributed by atoms with Gasteiger partial charge in [-0.15, -0.1) is 0 Å². The number of rotatable bonds is 14. The van der Waals surface area contributed by atoms with Gasteiger partial charge in [0.25, 0.3) is 0 Å². The van der Waals surface area contributed by atoms with Gasteiger partial charge in [-0.1, -0.05) is 26.0 Å². The summed E-state index contributed by atoms with van der Waals surface area (Å²) in [5.41, 5.74) is 1.26. The van der Waals surface area contributed by atoms with Crippen LogP contribution in [0, 0.1) is 0 Å². The molecule has 0 aromatic heterocycles. The molecule has 2 amide bonds. The molecular formula is C27H37N3O7S. The van der Waals surface area contributed by atoms with E-state index in [4.69, 9.17) is 14.2 Å². The molecule has 0 saturated heterocycles. The van der Waals surface area contributed by atoms with E-state index < -0.39 is 16.1 Å². The van der Waals surface area contributed by atoms with E-state index in [0.717, 1.165) is 18.2 Å². The lowest BCUT2D eigenvalue weighted by atomic mass is 10.1. The SMILES string of the molecule is CCCNC(=O)[C@H](CC)N(Cc1cccc(OC)c1)C(=O)CCCN(c1ccc2c(c1)OCO2)S(C)(=O)=O. The average Bonchev–Trinajstić information content (AvgIpc) is 3.37. The van der Waals surface area contributed by atoms with E-state index in [0.29, 0.717) is 35.9 Å². The number of hydrogen-bond donors (Lipinski definition) is 1. The van der Waals surface area contributed by atoms with Crippen LogP contribution in [0.5, 0.6) is 17.2 Å². The highest BCUT2D eigenvalue weighted by Crippen LogP contribution is 2.36. The average molecular weight is 548 g/mol. The molecule has 1 atom stereocenters. The van der Waals surface area contributed by atoms with Gasteiger partial charge < -0.3 is 24.4 Å². The van der Waals surface area contributed by atoms with E-state index in [2.05, 4.69) is 5.32 Å². The Labute approximate surface area is 224 Å². The third-order valence-corrected chi connectivity index (χ3v) is 7.41. The second-order valence-corrected chi connectivity index (χ2v) is 11.0. The minimum absolute atomic E-state index is 0.0676. The Balaban J connectivity index is 1.76. The monoisotopic (exact) mass is 547 g/mol. The highest BCUT2D eigenvalue weighted by atomic mass is 32.2.